The quantitative estimate of drug-likeness (QED) is 0.433. The Bertz CT molecular complexity index is 464. The molecule has 1 aliphatic rings. The molecule has 0 amide bonds. The van der Waals surface area contributed by atoms with Crippen LogP contribution in [-0.4, -0.2) is 40.4 Å². The Kier molecular flexibility index (Phi) is 4.06. The van der Waals surface area contributed by atoms with Crippen molar-refractivity contribution in [3.63, 3.8) is 0 Å². The van der Waals surface area contributed by atoms with Crippen LogP contribution in [0.4, 0.5) is 18.0 Å². The lowest BCUT2D eigenvalue weighted by atomic mass is 10.5. The summed E-state index contributed by atoms with van der Waals surface area (Å²) in [5.74, 6) is -1.24. The zero-order chi connectivity index (χ0) is 14.0. The van der Waals surface area contributed by atoms with E-state index in [-0.39, 0.29) is 0 Å². The molecule has 1 heterocycles. The number of methoxy groups -OCH3 is 1. The summed E-state index contributed by atoms with van der Waals surface area (Å²) in [6.45, 7) is -0.973. The third-order valence-corrected chi connectivity index (χ3v) is 2.63. The minimum atomic E-state index is -5.83. The van der Waals surface area contributed by atoms with Crippen LogP contribution in [-0.2, 0) is 28.5 Å². The van der Waals surface area contributed by atoms with E-state index >= 15 is 0 Å². The summed E-state index contributed by atoms with van der Waals surface area (Å²) in [7, 11) is -4.86. The van der Waals surface area contributed by atoms with Gasteiger partial charge in [0.05, 0.1) is 7.11 Å². The minimum absolute atomic E-state index is 0.405. The second-order valence-corrected chi connectivity index (χ2v) is 4.42. The second-order valence-electron chi connectivity index (χ2n) is 2.88. The summed E-state index contributed by atoms with van der Waals surface area (Å²) >= 11 is 0. The summed E-state index contributed by atoms with van der Waals surface area (Å²) in [5, 5.41) is 0. The van der Waals surface area contributed by atoms with Gasteiger partial charge in [-0.05, 0) is 0 Å². The lowest BCUT2D eigenvalue weighted by Crippen LogP contribution is -2.26. The summed E-state index contributed by atoms with van der Waals surface area (Å²) in [4.78, 5) is 10.7. The molecule has 7 nitrogen and oxygen atoms in total. The van der Waals surface area contributed by atoms with E-state index in [1.807, 2.05) is 0 Å². The van der Waals surface area contributed by atoms with Crippen molar-refractivity contribution in [3.8, 4) is 0 Å². The van der Waals surface area contributed by atoms with Crippen molar-refractivity contribution < 1.29 is 44.8 Å². The van der Waals surface area contributed by atoms with Crippen LogP contribution in [0.2, 0.25) is 0 Å². The molecule has 0 radical (unpaired) electrons. The maximum absolute atomic E-state index is 12.0. The van der Waals surface area contributed by atoms with Gasteiger partial charge in [-0.3, -0.25) is 0 Å². The Morgan fingerprint density at radius 1 is 1.28 bits per heavy atom. The maximum atomic E-state index is 12.0. The molecular formula is C7H7F3O7S. The van der Waals surface area contributed by atoms with Crippen molar-refractivity contribution in [2.24, 2.45) is 0 Å². The number of halogens is 3. The fraction of sp³-hybridized carbons (Fsp3) is 0.571. The number of alkyl halides is 3. The Labute approximate surface area is 99.2 Å². The van der Waals surface area contributed by atoms with Crippen LogP contribution in [0.15, 0.2) is 11.5 Å². The number of carbonyl (C=O) groups excluding carboxylic acids is 1. The smallest absolute Gasteiger partial charge is 0.437 e. The van der Waals surface area contributed by atoms with Crippen LogP contribution in [0, 0.1) is 0 Å². The highest BCUT2D eigenvalue weighted by Gasteiger charge is 2.49. The van der Waals surface area contributed by atoms with E-state index in [1.165, 1.54) is 0 Å². The van der Waals surface area contributed by atoms with Gasteiger partial charge in [0.15, 0.2) is 11.5 Å². The normalized spacial score (nSPS) is 16.7. The Balaban J connectivity index is 2.88. The SMILES string of the molecule is COC(=O)OC1=C(OS(=O)(=O)C(F)(F)F)COC1. The Morgan fingerprint density at radius 3 is 2.33 bits per heavy atom. The zero-order valence-electron chi connectivity index (χ0n) is 8.81. The number of rotatable bonds is 3. The number of ether oxygens (including phenoxy) is 3. The molecule has 0 aliphatic carbocycles. The lowest BCUT2D eigenvalue weighted by molar-refractivity contribution is -0.0526. The third kappa shape index (κ3) is 3.26. The van der Waals surface area contributed by atoms with Crippen molar-refractivity contribution in [3.05, 3.63) is 11.5 Å². The molecule has 0 aromatic heterocycles. The first kappa shape index (κ1) is 14.6. The molecule has 0 fully saturated rings. The third-order valence-electron chi connectivity index (χ3n) is 1.64. The average molecular weight is 292 g/mol. The monoisotopic (exact) mass is 292 g/mol. The molecule has 104 valence electrons. The highest BCUT2D eigenvalue weighted by Crippen LogP contribution is 2.29. The predicted octanol–water partition coefficient (Wildman–Crippen LogP) is 0.877. The van der Waals surface area contributed by atoms with E-state index < -0.39 is 46.5 Å². The molecule has 18 heavy (non-hydrogen) atoms. The molecular weight excluding hydrogens is 285 g/mol. The van der Waals surface area contributed by atoms with Crippen LogP contribution in [0.25, 0.3) is 0 Å². The number of hydrogen-bond acceptors (Lipinski definition) is 7. The topological polar surface area (TPSA) is 88.1 Å². The summed E-state index contributed by atoms with van der Waals surface area (Å²) in [6, 6.07) is 0. The van der Waals surface area contributed by atoms with Crippen molar-refractivity contribution >= 4 is 16.3 Å². The van der Waals surface area contributed by atoms with Gasteiger partial charge in [0.1, 0.15) is 13.2 Å². The highest BCUT2D eigenvalue weighted by molar-refractivity contribution is 7.87. The average Bonchev–Trinajstić information content (AvgIpc) is 2.63. The first-order chi connectivity index (χ1) is 8.17. The molecule has 0 atom stereocenters. The molecule has 0 unspecified atom stereocenters. The van der Waals surface area contributed by atoms with Crippen molar-refractivity contribution in [2.45, 2.75) is 5.51 Å². The van der Waals surface area contributed by atoms with Gasteiger partial charge in [0, 0.05) is 0 Å². The van der Waals surface area contributed by atoms with Crippen LogP contribution in [0.1, 0.15) is 0 Å². The Morgan fingerprint density at radius 2 is 1.83 bits per heavy atom. The number of hydrogen-bond donors (Lipinski definition) is 0. The molecule has 0 bridgehead atoms. The lowest BCUT2D eigenvalue weighted by Gasteiger charge is -2.10. The summed E-state index contributed by atoms with van der Waals surface area (Å²) in [5.41, 5.74) is -5.58. The van der Waals surface area contributed by atoms with E-state index in [4.69, 9.17) is 0 Å². The van der Waals surface area contributed by atoms with E-state index in [0.717, 1.165) is 7.11 Å². The molecule has 0 saturated carbocycles. The Hall–Kier alpha value is -1.49. The molecule has 0 spiro atoms. The predicted molar refractivity (Wildman–Crippen MR) is 47.4 cm³/mol. The highest BCUT2D eigenvalue weighted by atomic mass is 32.2. The van der Waals surface area contributed by atoms with Crippen LogP contribution >= 0.6 is 0 Å². The molecule has 0 N–H and O–H groups in total. The molecule has 0 aromatic carbocycles. The first-order valence-corrected chi connectivity index (χ1v) is 5.64. The van der Waals surface area contributed by atoms with Crippen molar-refractivity contribution in [2.75, 3.05) is 20.3 Å². The van der Waals surface area contributed by atoms with E-state index in [9.17, 15) is 26.4 Å². The molecule has 11 heteroatoms. The molecule has 0 saturated heterocycles. The summed E-state index contributed by atoms with van der Waals surface area (Å²) in [6.07, 6.45) is -1.24. The van der Waals surface area contributed by atoms with Crippen LogP contribution in [0.5, 0.6) is 0 Å². The largest absolute Gasteiger partial charge is 0.534 e. The molecule has 0 aromatic rings. The fourth-order valence-corrected chi connectivity index (χ4v) is 1.38. The van der Waals surface area contributed by atoms with Crippen LogP contribution in [0.3, 0.4) is 0 Å². The zero-order valence-corrected chi connectivity index (χ0v) is 9.63. The van der Waals surface area contributed by atoms with Gasteiger partial charge in [0.25, 0.3) is 0 Å². The fourth-order valence-electron chi connectivity index (χ4n) is 0.876. The number of carbonyl (C=O) groups is 1. The standard InChI is InChI=1S/C7H7F3O7S/c1-14-6(11)16-4-2-15-3-5(4)17-18(12,13)7(8,9)10/h2-3H2,1H3. The van der Waals surface area contributed by atoms with Gasteiger partial charge < -0.3 is 18.4 Å². The van der Waals surface area contributed by atoms with Gasteiger partial charge in [-0.1, -0.05) is 0 Å². The van der Waals surface area contributed by atoms with Crippen LogP contribution < -0.4 is 0 Å². The first-order valence-electron chi connectivity index (χ1n) is 4.23. The van der Waals surface area contributed by atoms with Gasteiger partial charge in [-0.2, -0.15) is 21.6 Å². The summed E-state index contributed by atoms with van der Waals surface area (Å²) < 4.78 is 74.4. The van der Waals surface area contributed by atoms with E-state index in [1.54, 1.807) is 0 Å². The van der Waals surface area contributed by atoms with Gasteiger partial charge in [-0.25, -0.2) is 4.79 Å². The maximum Gasteiger partial charge on any atom is 0.534 e. The van der Waals surface area contributed by atoms with E-state index in [2.05, 4.69) is 18.4 Å². The second kappa shape index (κ2) is 5.02. The van der Waals surface area contributed by atoms with Crippen molar-refractivity contribution in [1.29, 1.82) is 0 Å². The van der Waals surface area contributed by atoms with Gasteiger partial charge >= 0.3 is 21.8 Å². The molecule has 1 rings (SSSR count). The van der Waals surface area contributed by atoms with E-state index in [0.29, 0.717) is 0 Å². The molecule has 1 aliphatic heterocycles. The van der Waals surface area contributed by atoms with Gasteiger partial charge in [0.2, 0.25) is 0 Å². The van der Waals surface area contributed by atoms with Crippen molar-refractivity contribution in [1.82, 2.24) is 0 Å². The minimum Gasteiger partial charge on any atom is -0.437 e. The van der Waals surface area contributed by atoms with Gasteiger partial charge in [-0.15, -0.1) is 0 Å².